The number of carbonyl (C=O) groups is 1. The van der Waals surface area contributed by atoms with Crippen LogP contribution in [0.25, 0.3) is 0 Å². The van der Waals surface area contributed by atoms with Gasteiger partial charge >= 0.3 is 5.97 Å². The van der Waals surface area contributed by atoms with Crippen LogP contribution in [-0.2, 0) is 19.5 Å². The van der Waals surface area contributed by atoms with Crippen molar-refractivity contribution < 1.29 is 22.7 Å². The van der Waals surface area contributed by atoms with Gasteiger partial charge in [-0.25, -0.2) is 18.4 Å². The lowest BCUT2D eigenvalue weighted by Crippen LogP contribution is -2.37. The maximum atomic E-state index is 11.9. The molecule has 1 aliphatic heterocycles. The van der Waals surface area contributed by atoms with Crippen molar-refractivity contribution in [2.45, 2.75) is 17.9 Å². The van der Waals surface area contributed by atoms with Crippen LogP contribution in [0.5, 0.6) is 0 Å². The second-order valence-electron chi connectivity index (χ2n) is 4.19. The number of rotatable bonds is 3. The highest BCUT2D eigenvalue weighted by atomic mass is 79.9. The first-order valence-corrected chi connectivity index (χ1v) is 7.74. The van der Waals surface area contributed by atoms with Gasteiger partial charge < -0.3 is 9.47 Å². The number of hydrogen-bond acceptors (Lipinski definition) is 5. The third-order valence-electron chi connectivity index (χ3n) is 2.72. The molecule has 0 unspecified atom stereocenters. The summed E-state index contributed by atoms with van der Waals surface area (Å²) < 4.78 is 33.4. The third-order valence-corrected chi connectivity index (χ3v) is 4.58. The van der Waals surface area contributed by atoms with Crippen LogP contribution in [0, 0.1) is 6.92 Å². The average Bonchev–Trinajstić information content (AvgIpc) is 2.25. The standard InChI is InChI=1S/C11H12BrNO5S/c1-6-9(12)2-7(3-10(6)19(13,15)16)11(14)18-8-4-17-5-8/h2-3,8H,4-5H2,1H3,(H2,13,15,16). The smallest absolute Gasteiger partial charge is 0.338 e. The van der Waals surface area contributed by atoms with Crippen molar-refractivity contribution in [3.63, 3.8) is 0 Å². The van der Waals surface area contributed by atoms with E-state index in [1.54, 1.807) is 6.92 Å². The topological polar surface area (TPSA) is 95.7 Å². The summed E-state index contributed by atoms with van der Waals surface area (Å²) in [5.74, 6) is -0.598. The highest BCUT2D eigenvalue weighted by Gasteiger charge is 2.25. The van der Waals surface area contributed by atoms with E-state index in [1.165, 1.54) is 12.1 Å². The third kappa shape index (κ3) is 3.14. The normalized spacial score (nSPS) is 15.9. The lowest BCUT2D eigenvalue weighted by Gasteiger charge is -2.25. The molecule has 0 aliphatic carbocycles. The zero-order valence-electron chi connectivity index (χ0n) is 10.1. The number of primary sulfonamides is 1. The number of halogens is 1. The minimum absolute atomic E-state index is 0.0984. The summed E-state index contributed by atoms with van der Waals surface area (Å²) in [6.07, 6.45) is -0.273. The lowest BCUT2D eigenvalue weighted by atomic mass is 10.1. The van der Waals surface area contributed by atoms with Crippen LogP contribution in [0.2, 0.25) is 0 Å². The van der Waals surface area contributed by atoms with E-state index < -0.39 is 16.0 Å². The molecule has 1 saturated heterocycles. The summed E-state index contributed by atoms with van der Waals surface area (Å²) in [5.41, 5.74) is 0.583. The van der Waals surface area contributed by atoms with Gasteiger partial charge in [0.05, 0.1) is 23.7 Å². The van der Waals surface area contributed by atoms with Gasteiger partial charge in [0.1, 0.15) is 6.10 Å². The molecule has 19 heavy (non-hydrogen) atoms. The Labute approximate surface area is 119 Å². The molecule has 0 radical (unpaired) electrons. The second-order valence-corrected chi connectivity index (χ2v) is 6.58. The highest BCUT2D eigenvalue weighted by Crippen LogP contribution is 2.26. The minimum Gasteiger partial charge on any atom is -0.454 e. The van der Waals surface area contributed by atoms with Crippen molar-refractivity contribution in [3.05, 3.63) is 27.7 Å². The molecule has 8 heteroatoms. The Morgan fingerprint density at radius 2 is 2.11 bits per heavy atom. The van der Waals surface area contributed by atoms with Crippen LogP contribution < -0.4 is 5.14 Å². The summed E-state index contributed by atoms with van der Waals surface area (Å²) >= 11 is 3.20. The van der Waals surface area contributed by atoms with Crippen molar-refractivity contribution in [2.24, 2.45) is 5.14 Å². The maximum absolute atomic E-state index is 11.9. The second kappa shape index (κ2) is 5.20. The molecule has 1 aromatic carbocycles. The molecule has 0 atom stereocenters. The lowest BCUT2D eigenvalue weighted by molar-refractivity contribution is -0.103. The largest absolute Gasteiger partial charge is 0.454 e. The number of nitrogens with two attached hydrogens (primary N) is 1. The Balaban J connectivity index is 2.36. The quantitative estimate of drug-likeness (QED) is 0.820. The molecule has 0 aromatic heterocycles. The van der Waals surface area contributed by atoms with Gasteiger partial charge in [-0.3, -0.25) is 0 Å². The Bertz CT molecular complexity index is 624. The molecule has 6 nitrogen and oxygen atoms in total. The first-order chi connectivity index (χ1) is 8.79. The predicted molar refractivity (Wildman–Crippen MR) is 70.3 cm³/mol. The number of carbonyl (C=O) groups excluding carboxylic acids is 1. The molecular formula is C11H12BrNO5S. The summed E-state index contributed by atoms with van der Waals surface area (Å²) in [5, 5.41) is 5.11. The summed E-state index contributed by atoms with van der Waals surface area (Å²) in [6, 6.07) is 2.73. The number of hydrogen-bond donors (Lipinski definition) is 1. The van der Waals surface area contributed by atoms with Gasteiger partial charge in [0, 0.05) is 4.47 Å². The van der Waals surface area contributed by atoms with Gasteiger partial charge in [-0.1, -0.05) is 15.9 Å². The van der Waals surface area contributed by atoms with Gasteiger partial charge in [-0.05, 0) is 24.6 Å². The van der Waals surface area contributed by atoms with Gasteiger partial charge in [0.15, 0.2) is 0 Å². The van der Waals surface area contributed by atoms with Gasteiger partial charge in [-0.15, -0.1) is 0 Å². The Hall–Kier alpha value is -0.960. The molecule has 0 bridgehead atoms. The van der Waals surface area contributed by atoms with Crippen molar-refractivity contribution in [2.75, 3.05) is 13.2 Å². The van der Waals surface area contributed by atoms with Gasteiger partial charge in [-0.2, -0.15) is 0 Å². The Morgan fingerprint density at radius 1 is 1.47 bits per heavy atom. The first kappa shape index (κ1) is 14.4. The number of benzene rings is 1. The van der Waals surface area contributed by atoms with Crippen molar-refractivity contribution in [1.82, 2.24) is 0 Å². The van der Waals surface area contributed by atoms with Crippen LogP contribution in [0.1, 0.15) is 15.9 Å². The van der Waals surface area contributed by atoms with E-state index in [0.29, 0.717) is 23.2 Å². The minimum atomic E-state index is -3.89. The number of ether oxygens (including phenoxy) is 2. The molecule has 2 rings (SSSR count). The Morgan fingerprint density at radius 3 is 2.58 bits per heavy atom. The van der Waals surface area contributed by atoms with Crippen LogP contribution in [-0.4, -0.2) is 33.7 Å². The molecule has 1 aliphatic rings. The maximum Gasteiger partial charge on any atom is 0.338 e. The highest BCUT2D eigenvalue weighted by molar-refractivity contribution is 9.10. The van der Waals surface area contributed by atoms with Crippen LogP contribution in [0.15, 0.2) is 21.5 Å². The van der Waals surface area contributed by atoms with E-state index in [-0.39, 0.29) is 16.6 Å². The average molecular weight is 350 g/mol. The molecule has 0 spiro atoms. The van der Waals surface area contributed by atoms with E-state index in [9.17, 15) is 13.2 Å². The van der Waals surface area contributed by atoms with E-state index in [2.05, 4.69) is 15.9 Å². The number of sulfonamides is 1. The monoisotopic (exact) mass is 349 g/mol. The molecule has 1 fully saturated rings. The van der Waals surface area contributed by atoms with E-state index in [1.807, 2.05) is 0 Å². The van der Waals surface area contributed by atoms with Gasteiger partial charge in [0.25, 0.3) is 0 Å². The molecule has 1 heterocycles. The van der Waals surface area contributed by atoms with Crippen molar-refractivity contribution in [3.8, 4) is 0 Å². The van der Waals surface area contributed by atoms with E-state index in [4.69, 9.17) is 14.6 Å². The van der Waals surface area contributed by atoms with E-state index in [0.717, 1.165) is 0 Å². The fourth-order valence-corrected chi connectivity index (χ4v) is 2.99. The van der Waals surface area contributed by atoms with Gasteiger partial charge in [0.2, 0.25) is 10.0 Å². The Kier molecular flexibility index (Phi) is 3.95. The van der Waals surface area contributed by atoms with Crippen LogP contribution >= 0.6 is 15.9 Å². The fraction of sp³-hybridized carbons (Fsp3) is 0.364. The first-order valence-electron chi connectivity index (χ1n) is 5.40. The summed E-state index contributed by atoms with van der Waals surface area (Å²) in [4.78, 5) is 11.8. The predicted octanol–water partition coefficient (Wildman–Crippen LogP) is 0.961. The SMILES string of the molecule is Cc1c(Br)cc(C(=O)OC2COC2)cc1S(N)(=O)=O. The molecule has 104 valence electrons. The molecular weight excluding hydrogens is 338 g/mol. The summed E-state index contributed by atoms with van der Waals surface area (Å²) in [7, 11) is -3.89. The fourth-order valence-electron chi connectivity index (χ4n) is 1.57. The van der Waals surface area contributed by atoms with E-state index >= 15 is 0 Å². The van der Waals surface area contributed by atoms with Crippen molar-refractivity contribution >= 4 is 31.9 Å². The van der Waals surface area contributed by atoms with Crippen LogP contribution in [0.3, 0.4) is 0 Å². The number of esters is 1. The summed E-state index contributed by atoms with van der Waals surface area (Å²) in [6.45, 7) is 2.32. The molecule has 1 aromatic rings. The molecule has 2 N–H and O–H groups in total. The zero-order chi connectivity index (χ0) is 14.2. The molecule has 0 amide bonds. The van der Waals surface area contributed by atoms with Crippen molar-refractivity contribution in [1.29, 1.82) is 0 Å². The van der Waals surface area contributed by atoms with Crippen LogP contribution in [0.4, 0.5) is 0 Å². The zero-order valence-corrected chi connectivity index (χ0v) is 12.5. The molecule has 0 saturated carbocycles.